The van der Waals surface area contributed by atoms with Crippen LogP contribution < -0.4 is 29.6 Å². The van der Waals surface area contributed by atoms with E-state index in [9.17, 15) is 30.7 Å². The molecule has 1 atom stereocenters. The van der Waals surface area contributed by atoms with Crippen LogP contribution in [0.4, 0.5) is 30.7 Å². The van der Waals surface area contributed by atoms with Crippen LogP contribution in [0.3, 0.4) is 0 Å². The molecule has 0 radical (unpaired) electrons. The minimum Gasteiger partial charge on any atom is -1.00 e. The molecule has 0 aromatic heterocycles. The molecule has 0 aromatic rings. The van der Waals surface area contributed by atoms with Gasteiger partial charge in [-0.2, -0.15) is 30.7 Å². The van der Waals surface area contributed by atoms with Gasteiger partial charge in [0.2, 0.25) is 0 Å². The first kappa shape index (κ1) is 22.8. The van der Waals surface area contributed by atoms with Crippen molar-refractivity contribution in [2.45, 2.75) is 70.4 Å². The van der Waals surface area contributed by atoms with Crippen molar-refractivity contribution in [3.63, 3.8) is 0 Å². The maximum atomic E-state index is 13.0. The third kappa shape index (κ3) is 6.10. The van der Waals surface area contributed by atoms with Gasteiger partial charge >= 0.3 is 47.6 Å². The van der Waals surface area contributed by atoms with Gasteiger partial charge in [0.1, 0.15) is 0 Å². The predicted octanol–water partition coefficient (Wildman–Crippen LogP) is 2.93. The van der Waals surface area contributed by atoms with Gasteiger partial charge in [0.05, 0.1) is 0 Å². The summed E-state index contributed by atoms with van der Waals surface area (Å²) in [6.07, 6.45) is -5.35. The SMILES string of the molecule is CCCCC(CC)CCC(F)(F)C(F)(F)C(F)(F)F.[H-].[Na+]. The average Bonchev–Trinajstić information content (AvgIpc) is 2.27. The third-order valence-electron chi connectivity index (χ3n) is 3.23. The molecule has 0 aromatic carbocycles. The Kier molecular flexibility index (Phi) is 10.1. The normalized spacial score (nSPS) is 14.8. The van der Waals surface area contributed by atoms with Crippen molar-refractivity contribution in [2.24, 2.45) is 5.92 Å². The Hall–Kier alpha value is 0.510. The van der Waals surface area contributed by atoms with Gasteiger partial charge in [-0.05, 0) is 12.3 Å². The largest absolute Gasteiger partial charge is 1.00 e. The third-order valence-corrected chi connectivity index (χ3v) is 3.23. The van der Waals surface area contributed by atoms with Crippen molar-refractivity contribution >= 4 is 0 Å². The number of rotatable bonds is 8. The number of alkyl halides is 7. The minimum absolute atomic E-state index is 0. The smallest absolute Gasteiger partial charge is 1.00 e. The molecule has 0 aliphatic rings. The summed E-state index contributed by atoms with van der Waals surface area (Å²) in [6.45, 7) is 3.60. The number of unbranched alkanes of at least 4 members (excludes halogenated alkanes) is 1. The van der Waals surface area contributed by atoms with Gasteiger partial charge in [-0.3, -0.25) is 0 Å². The van der Waals surface area contributed by atoms with Crippen molar-refractivity contribution in [3.8, 4) is 0 Å². The first-order valence-electron chi connectivity index (χ1n) is 6.32. The zero-order valence-electron chi connectivity index (χ0n) is 13.0. The van der Waals surface area contributed by atoms with Crippen LogP contribution in [0.2, 0.25) is 0 Å². The summed E-state index contributed by atoms with van der Waals surface area (Å²) >= 11 is 0. The van der Waals surface area contributed by atoms with E-state index in [0.717, 1.165) is 12.8 Å². The average molecular weight is 320 g/mol. The molecule has 8 heteroatoms. The predicted molar refractivity (Wildman–Crippen MR) is 59.6 cm³/mol. The molecule has 20 heavy (non-hydrogen) atoms. The Morgan fingerprint density at radius 2 is 1.40 bits per heavy atom. The molecule has 0 aliphatic heterocycles. The van der Waals surface area contributed by atoms with Crippen LogP contribution in [0.15, 0.2) is 0 Å². The van der Waals surface area contributed by atoms with E-state index in [1.165, 1.54) is 0 Å². The van der Waals surface area contributed by atoms with Crippen LogP contribution in [0.5, 0.6) is 0 Å². The summed E-state index contributed by atoms with van der Waals surface area (Å²) in [5.74, 6) is -11.3. The molecule has 0 heterocycles. The second-order valence-corrected chi connectivity index (χ2v) is 4.73. The van der Waals surface area contributed by atoms with E-state index in [1.807, 2.05) is 6.92 Å². The van der Waals surface area contributed by atoms with Gasteiger partial charge < -0.3 is 1.43 Å². The number of halogens is 7. The summed E-state index contributed by atoms with van der Waals surface area (Å²) in [6, 6.07) is 0. The first-order chi connectivity index (χ1) is 8.49. The molecule has 0 bridgehead atoms. The molecule has 118 valence electrons. The van der Waals surface area contributed by atoms with E-state index >= 15 is 0 Å². The van der Waals surface area contributed by atoms with Crippen LogP contribution in [0.25, 0.3) is 0 Å². The molecule has 1 unspecified atom stereocenters. The molecule has 0 nitrogen and oxygen atoms in total. The molecule has 0 rings (SSSR count). The van der Waals surface area contributed by atoms with Crippen molar-refractivity contribution < 1.29 is 61.7 Å². The maximum Gasteiger partial charge on any atom is 1.00 e. The fourth-order valence-corrected chi connectivity index (χ4v) is 1.80. The maximum absolute atomic E-state index is 13.0. The Bertz CT molecular complexity index is 269. The number of hydrogen-bond acceptors (Lipinski definition) is 0. The van der Waals surface area contributed by atoms with Crippen LogP contribution >= 0.6 is 0 Å². The van der Waals surface area contributed by atoms with E-state index in [4.69, 9.17) is 0 Å². The van der Waals surface area contributed by atoms with Crippen molar-refractivity contribution in [1.29, 1.82) is 0 Å². The van der Waals surface area contributed by atoms with Crippen LogP contribution in [-0.2, 0) is 0 Å². The Labute approximate surface area is 138 Å². The van der Waals surface area contributed by atoms with Crippen molar-refractivity contribution in [1.82, 2.24) is 0 Å². The topological polar surface area (TPSA) is 0 Å². The fraction of sp³-hybridized carbons (Fsp3) is 1.00. The second-order valence-electron chi connectivity index (χ2n) is 4.73. The molecule has 0 saturated carbocycles. The van der Waals surface area contributed by atoms with E-state index < -0.39 is 24.4 Å². The van der Waals surface area contributed by atoms with Gasteiger partial charge in [0.25, 0.3) is 0 Å². The minimum atomic E-state index is -6.22. The Morgan fingerprint density at radius 3 is 1.75 bits per heavy atom. The monoisotopic (exact) mass is 320 g/mol. The quantitative estimate of drug-likeness (QED) is 0.476. The molecule has 0 fully saturated rings. The van der Waals surface area contributed by atoms with Crippen molar-refractivity contribution in [2.75, 3.05) is 0 Å². The zero-order valence-corrected chi connectivity index (χ0v) is 14.0. The number of hydrogen-bond donors (Lipinski definition) is 0. The molecule has 0 saturated heterocycles. The van der Waals surface area contributed by atoms with E-state index in [-0.39, 0.29) is 43.3 Å². The standard InChI is InChI=1S/C12H19F7.Na.H/c1-3-5-6-9(4-2)7-8-10(13,14)11(15,16)12(17,18)19;;/h9H,3-8H2,1-2H3;;/q;+1;-1. The Morgan fingerprint density at radius 1 is 0.900 bits per heavy atom. The Balaban J connectivity index is -0.00000162. The zero-order chi connectivity index (χ0) is 15.3. The van der Waals surface area contributed by atoms with E-state index in [1.54, 1.807) is 6.92 Å². The molecule has 0 amide bonds. The van der Waals surface area contributed by atoms with E-state index in [2.05, 4.69) is 0 Å². The summed E-state index contributed by atoms with van der Waals surface area (Å²) in [4.78, 5) is 0. The van der Waals surface area contributed by atoms with Crippen molar-refractivity contribution in [3.05, 3.63) is 0 Å². The molecule has 0 spiro atoms. The van der Waals surface area contributed by atoms with Crippen LogP contribution in [0, 0.1) is 5.92 Å². The van der Waals surface area contributed by atoms with Gasteiger partial charge in [-0.25, -0.2) is 0 Å². The summed E-state index contributed by atoms with van der Waals surface area (Å²) in [5, 5.41) is 0. The van der Waals surface area contributed by atoms with Crippen LogP contribution in [-0.4, -0.2) is 18.0 Å². The van der Waals surface area contributed by atoms with Gasteiger partial charge in [0, 0.05) is 6.42 Å². The second kappa shape index (κ2) is 8.83. The summed E-state index contributed by atoms with van der Waals surface area (Å²) < 4.78 is 87.1. The summed E-state index contributed by atoms with van der Waals surface area (Å²) in [7, 11) is 0. The molecule has 0 aliphatic carbocycles. The summed E-state index contributed by atoms with van der Waals surface area (Å²) in [5.41, 5.74) is 0. The van der Waals surface area contributed by atoms with Crippen LogP contribution in [0.1, 0.15) is 53.8 Å². The van der Waals surface area contributed by atoms with Gasteiger partial charge in [-0.15, -0.1) is 0 Å². The molecular formula is C12H20F7Na. The van der Waals surface area contributed by atoms with E-state index in [0.29, 0.717) is 12.8 Å². The van der Waals surface area contributed by atoms with Gasteiger partial charge in [-0.1, -0.05) is 39.5 Å². The first-order valence-corrected chi connectivity index (χ1v) is 6.32. The fourth-order valence-electron chi connectivity index (χ4n) is 1.80. The molecule has 0 N–H and O–H groups in total. The molecular weight excluding hydrogens is 300 g/mol. The van der Waals surface area contributed by atoms with Gasteiger partial charge in [0.15, 0.2) is 0 Å².